The van der Waals surface area contributed by atoms with Gasteiger partial charge in [0, 0.05) is 12.8 Å². The molecule has 0 aromatic carbocycles. The number of fused-ring (bicyclic) bond motifs is 10. The highest BCUT2D eigenvalue weighted by Crippen LogP contribution is 2.70. The van der Waals surface area contributed by atoms with Crippen LogP contribution in [0.2, 0.25) is 0 Å². The summed E-state index contributed by atoms with van der Waals surface area (Å²) in [5.74, 6) is 5.53. The van der Waals surface area contributed by atoms with Crippen LogP contribution in [-0.4, -0.2) is 69.0 Å². The van der Waals surface area contributed by atoms with Gasteiger partial charge in [-0.1, -0.05) is 41.5 Å². The molecule has 326 valence electrons. The lowest BCUT2D eigenvalue weighted by molar-refractivity contribution is -0.174. The first kappa shape index (κ1) is 43.9. The van der Waals surface area contributed by atoms with Crippen molar-refractivity contribution in [1.29, 1.82) is 0 Å². The van der Waals surface area contributed by atoms with Crippen molar-refractivity contribution < 1.29 is 39.9 Å². The van der Waals surface area contributed by atoms with Crippen LogP contribution in [0.1, 0.15) is 170 Å². The van der Waals surface area contributed by atoms with Crippen LogP contribution in [0.5, 0.6) is 0 Å². The van der Waals surface area contributed by atoms with E-state index in [1.54, 1.807) is 0 Å². The van der Waals surface area contributed by atoms with E-state index in [-0.39, 0.29) is 53.1 Å². The normalized spacial score (nSPS) is 50.9. The van der Waals surface area contributed by atoms with Gasteiger partial charge < -0.3 is 30.3 Å². The molecule has 0 aliphatic heterocycles. The molecule has 8 aliphatic rings. The number of rotatable bonds is 8. The largest absolute Gasteiger partial charge is 0.481 e. The van der Waals surface area contributed by atoms with E-state index in [1.807, 2.05) is 0 Å². The van der Waals surface area contributed by atoms with Gasteiger partial charge >= 0.3 is 11.9 Å². The Kier molecular flexibility index (Phi) is 12.8. The molecule has 0 radical (unpaired) electrons. The highest BCUT2D eigenvalue weighted by Gasteiger charge is 2.64. The zero-order valence-corrected chi connectivity index (χ0v) is 36.8. The van der Waals surface area contributed by atoms with Crippen molar-refractivity contribution in [3.63, 3.8) is 0 Å². The van der Waals surface area contributed by atoms with Gasteiger partial charge in [-0.3, -0.25) is 9.59 Å². The van der Waals surface area contributed by atoms with Crippen molar-refractivity contribution in [2.75, 3.05) is 7.11 Å². The van der Waals surface area contributed by atoms with E-state index in [1.165, 1.54) is 58.5 Å². The summed E-state index contributed by atoms with van der Waals surface area (Å²) < 4.78 is 4.86. The molecule has 0 amide bonds. The van der Waals surface area contributed by atoms with Gasteiger partial charge in [0.2, 0.25) is 0 Å². The molecular weight excluding hydrogens is 717 g/mol. The molecule has 20 atom stereocenters. The molecule has 8 fully saturated rings. The second-order valence-electron chi connectivity index (χ2n) is 22.9. The maximum atomic E-state index is 11.6. The molecule has 57 heavy (non-hydrogen) atoms. The van der Waals surface area contributed by atoms with Gasteiger partial charge in [-0.15, -0.1) is 0 Å². The summed E-state index contributed by atoms with van der Waals surface area (Å²) in [5, 5.41) is 52.1. The fraction of sp³-hybridized carbons (Fsp3) is 0.959. The average Bonchev–Trinajstić information content (AvgIpc) is 3.71. The number of carbonyl (C=O) groups excluding carboxylic acids is 1. The Morgan fingerprint density at radius 3 is 1.35 bits per heavy atom. The van der Waals surface area contributed by atoms with Gasteiger partial charge in [0.15, 0.2) is 0 Å². The van der Waals surface area contributed by atoms with Crippen LogP contribution in [0.25, 0.3) is 0 Å². The van der Waals surface area contributed by atoms with Crippen LogP contribution in [-0.2, 0) is 14.3 Å². The third-order valence-corrected chi connectivity index (χ3v) is 20.7. The average molecular weight is 799 g/mol. The zero-order chi connectivity index (χ0) is 41.2. The standard InChI is InChI=1S/C25H42O4.C24H40O4/c1-15(5-8-22(28)29-4)18-6-7-19-23-20(10-12-25(18,19)3)24(2)11-9-17(26)13-16(24)14-21(23)27;1-14(4-7-21(27)28)17-5-6-18-22-19(9-11-24(17,18)3)23(2)10-8-16(25)12-15(23)13-20(22)26/h15-21,23,26-27H,5-14H2,1-4H3;14-20,22,25-26H,4-13H2,1-3H3,(H,27,28)/t15-,16+,17-,18-,19?,20?,21-,23?,24+,25-;14-,15+,16-,17-,18?,19?,20-,22?,23+,24-/m11/s1. The van der Waals surface area contributed by atoms with Crippen molar-refractivity contribution in [3.05, 3.63) is 0 Å². The molecule has 8 aliphatic carbocycles. The van der Waals surface area contributed by atoms with Crippen molar-refractivity contribution >= 4 is 11.9 Å². The number of carbonyl (C=O) groups is 2. The summed E-state index contributed by atoms with van der Waals surface area (Å²) in [6.07, 6.45) is 19.0. The number of aliphatic hydroxyl groups is 4. The predicted molar refractivity (Wildman–Crippen MR) is 222 cm³/mol. The highest BCUT2D eigenvalue weighted by molar-refractivity contribution is 5.69. The van der Waals surface area contributed by atoms with Gasteiger partial charge in [-0.05, 0) is 208 Å². The number of aliphatic hydroxyl groups excluding tert-OH is 4. The lowest BCUT2D eigenvalue weighted by atomic mass is 9.43. The van der Waals surface area contributed by atoms with Crippen LogP contribution in [0, 0.1) is 92.7 Å². The Bertz CT molecular complexity index is 1440. The van der Waals surface area contributed by atoms with Gasteiger partial charge in [0.25, 0.3) is 0 Å². The van der Waals surface area contributed by atoms with Gasteiger partial charge in [0.1, 0.15) is 0 Å². The van der Waals surface area contributed by atoms with Crippen LogP contribution in [0.4, 0.5) is 0 Å². The molecule has 0 saturated heterocycles. The molecule has 8 heteroatoms. The van der Waals surface area contributed by atoms with Crippen LogP contribution in [0.3, 0.4) is 0 Å². The molecule has 0 heterocycles. The SMILES string of the molecule is COC(=O)CC[C@@H](C)[C@H]1CCC2C3C(CC[C@@]21C)[C@@]1(C)CC[C@@H](O)C[C@H]1C[C@H]3O.C[C@H](CCC(=O)O)[C@H]1CCC2C3C(CC[C@@]21C)[C@@]1(C)CC[C@@H](O)C[C@H]1C[C@H]3O. The molecule has 0 bridgehead atoms. The van der Waals surface area contributed by atoms with Gasteiger partial charge in [0.05, 0.1) is 31.5 Å². The molecule has 0 spiro atoms. The summed E-state index contributed by atoms with van der Waals surface area (Å²) in [7, 11) is 1.48. The first-order chi connectivity index (χ1) is 26.9. The van der Waals surface area contributed by atoms with E-state index in [0.717, 1.165) is 64.2 Å². The van der Waals surface area contributed by atoms with Crippen molar-refractivity contribution in [3.8, 4) is 0 Å². The lowest BCUT2D eigenvalue weighted by Gasteiger charge is -2.62. The molecule has 0 aromatic rings. The molecule has 8 nitrogen and oxygen atoms in total. The highest BCUT2D eigenvalue weighted by atomic mass is 16.5. The molecule has 0 aromatic heterocycles. The Balaban J connectivity index is 0.000000174. The zero-order valence-electron chi connectivity index (χ0n) is 36.8. The second kappa shape index (κ2) is 16.6. The molecule has 6 unspecified atom stereocenters. The van der Waals surface area contributed by atoms with E-state index in [9.17, 15) is 30.0 Å². The fourth-order valence-corrected chi connectivity index (χ4v) is 17.6. The number of methoxy groups -OCH3 is 1. The van der Waals surface area contributed by atoms with Gasteiger partial charge in [-0.2, -0.15) is 0 Å². The summed E-state index contributed by atoms with van der Waals surface area (Å²) in [6.45, 7) is 14.5. The minimum absolute atomic E-state index is 0.0959. The summed E-state index contributed by atoms with van der Waals surface area (Å²) in [6, 6.07) is 0. The van der Waals surface area contributed by atoms with E-state index in [2.05, 4.69) is 41.5 Å². The maximum Gasteiger partial charge on any atom is 0.305 e. The van der Waals surface area contributed by atoms with Gasteiger partial charge in [-0.25, -0.2) is 0 Å². The van der Waals surface area contributed by atoms with Crippen molar-refractivity contribution in [1.82, 2.24) is 0 Å². The van der Waals surface area contributed by atoms with E-state index >= 15 is 0 Å². The number of carboxylic acid groups (broad SMARTS) is 1. The molecule has 8 saturated carbocycles. The Labute approximate surface area is 345 Å². The third-order valence-electron chi connectivity index (χ3n) is 20.7. The number of hydrogen-bond donors (Lipinski definition) is 5. The fourth-order valence-electron chi connectivity index (χ4n) is 17.6. The van der Waals surface area contributed by atoms with Crippen LogP contribution in [0.15, 0.2) is 0 Å². The Morgan fingerprint density at radius 1 is 0.561 bits per heavy atom. The minimum atomic E-state index is -0.684. The number of esters is 1. The van der Waals surface area contributed by atoms with Crippen LogP contribution < -0.4 is 0 Å². The first-order valence-corrected chi connectivity index (χ1v) is 23.9. The van der Waals surface area contributed by atoms with E-state index in [0.29, 0.717) is 82.9 Å². The van der Waals surface area contributed by atoms with Crippen molar-refractivity contribution in [2.45, 2.75) is 194 Å². The summed E-state index contributed by atoms with van der Waals surface area (Å²) >= 11 is 0. The molecule has 5 N–H and O–H groups in total. The monoisotopic (exact) mass is 799 g/mol. The number of hydrogen-bond acceptors (Lipinski definition) is 7. The van der Waals surface area contributed by atoms with Crippen molar-refractivity contribution in [2.24, 2.45) is 92.7 Å². The number of ether oxygens (including phenoxy) is 1. The second-order valence-corrected chi connectivity index (χ2v) is 22.9. The quantitative estimate of drug-likeness (QED) is 0.153. The van der Waals surface area contributed by atoms with E-state index < -0.39 is 5.97 Å². The maximum absolute atomic E-state index is 11.6. The lowest BCUT2D eigenvalue weighted by Crippen LogP contribution is -2.58. The third kappa shape index (κ3) is 7.70. The number of carboxylic acids is 1. The Hall–Kier alpha value is -1.22. The van der Waals surface area contributed by atoms with Crippen LogP contribution >= 0.6 is 0 Å². The summed E-state index contributed by atoms with van der Waals surface area (Å²) in [4.78, 5) is 22.7. The smallest absolute Gasteiger partial charge is 0.305 e. The van der Waals surface area contributed by atoms with E-state index in [4.69, 9.17) is 9.84 Å². The summed E-state index contributed by atoms with van der Waals surface area (Å²) in [5.41, 5.74) is 1.10. The molecule has 8 rings (SSSR count). The first-order valence-electron chi connectivity index (χ1n) is 23.9. The predicted octanol–water partition coefficient (Wildman–Crippen LogP) is 9.04. The Morgan fingerprint density at radius 2 is 0.947 bits per heavy atom. The molecular formula is C49H82O8. The minimum Gasteiger partial charge on any atom is -0.481 e. The number of aliphatic carboxylic acids is 1. The topological polar surface area (TPSA) is 145 Å².